The van der Waals surface area contributed by atoms with E-state index in [9.17, 15) is 0 Å². The molecule has 0 aliphatic heterocycles. The Morgan fingerprint density at radius 1 is 0.593 bits per heavy atom. The molecule has 10 rings (SSSR count). The van der Waals surface area contributed by atoms with Gasteiger partial charge in [-0.15, -0.1) is 0 Å². The largest absolute Gasteiger partial charge is 0.313 e. The first kappa shape index (κ1) is 32.2. The van der Waals surface area contributed by atoms with E-state index in [0.717, 1.165) is 34.6 Å². The fraction of sp³-hybridized carbons (Fsp3) is 0.118. The lowest BCUT2D eigenvalue weighted by Crippen LogP contribution is -2.16. The van der Waals surface area contributed by atoms with Crippen LogP contribution >= 0.6 is 0 Å². The molecule has 0 spiro atoms. The van der Waals surface area contributed by atoms with Crippen LogP contribution in [0.15, 0.2) is 176 Å². The zero-order valence-corrected chi connectivity index (χ0v) is 30.9. The number of para-hydroxylation sites is 1. The summed E-state index contributed by atoms with van der Waals surface area (Å²) >= 11 is 0. The van der Waals surface area contributed by atoms with Gasteiger partial charge in [0.15, 0.2) is 0 Å². The third-order valence-corrected chi connectivity index (χ3v) is 11.7. The monoisotopic (exact) mass is 695 g/mol. The molecule has 1 atom stereocenters. The molecule has 1 unspecified atom stereocenters. The van der Waals surface area contributed by atoms with Crippen molar-refractivity contribution in [2.24, 2.45) is 5.92 Å². The van der Waals surface area contributed by atoms with Crippen LogP contribution in [0, 0.1) is 5.92 Å². The molecule has 0 fully saturated rings. The van der Waals surface area contributed by atoms with Gasteiger partial charge in [-0.05, 0) is 112 Å². The summed E-state index contributed by atoms with van der Waals surface area (Å²) < 4.78 is 2.47. The van der Waals surface area contributed by atoms with Crippen molar-refractivity contribution in [2.75, 3.05) is 4.90 Å². The maximum atomic E-state index is 4.41. The minimum Gasteiger partial charge on any atom is -0.313 e. The van der Waals surface area contributed by atoms with E-state index in [4.69, 9.17) is 0 Å². The first-order valence-corrected chi connectivity index (χ1v) is 19.0. The Balaban J connectivity index is 1.08. The lowest BCUT2D eigenvalue weighted by Gasteiger charge is -2.28. The molecule has 2 heterocycles. The Bertz CT molecular complexity index is 2780. The van der Waals surface area contributed by atoms with Gasteiger partial charge in [-0.25, -0.2) is 0 Å². The van der Waals surface area contributed by atoms with Gasteiger partial charge in [-0.2, -0.15) is 0 Å². The van der Waals surface area contributed by atoms with Crippen LogP contribution in [0.5, 0.6) is 0 Å². The van der Waals surface area contributed by atoms with Crippen LogP contribution in [-0.4, -0.2) is 9.55 Å². The fourth-order valence-corrected chi connectivity index (χ4v) is 8.90. The fourth-order valence-electron chi connectivity index (χ4n) is 8.90. The summed E-state index contributed by atoms with van der Waals surface area (Å²) in [5.41, 5.74) is 17.2. The minimum absolute atomic E-state index is 0.0982. The molecule has 3 heteroatoms. The second kappa shape index (κ2) is 12.6. The quantitative estimate of drug-likeness (QED) is 0.173. The Labute approximate surface area is 317 Å². The summed E-state index contributed by atoms with van der Waals surface area (Å²) in [5, 5.41) is 2.57. The van der Waals surface area contributed by atoms with Gasteiger partial charge in [-0.1, -0.05) is 118 Å². The Hall–Kier alpha value is -6.45. The lowest BCUT2D eigenvalue weighted by molar-refractivity contribution is 0.660. The third kappa shape index (κ3) is 5.15. The smallest absolute Gasteiger partial charge is 0.0538 e. The maximum Gasteiger partial charge on any atom is 0.0538 e. The highest BCUT2D eigenvalue weighted by atomic mass is 15.1. The lowest BCUT2D eigenvalue weighted by atomic mass is 9.82. The van der Waals surface area contributed by atoms with Crippen molar-refractivity contribution in [1.29, 1.82) is 0 Å². The Kier molecular flexibility index (Phi) is 7.52. The van der Waals surface area contributed by atoms with E-state index in [2.05, 4.69) is 193 Å². The molecule has 6 aromatic carbocycles. The molecule has 54 heavy (non-hydrogen) atoms. The molecule has 0 N–H and O–H groups in total. The number of hydrogen-bond acceptors (Lipinski definition) is 2. The predicted molar refractivity (Wildman–Crippen MR) is 228 cm³/mol. The Morgan fingerprint density at radius 3 is 2.17 bits per heavy atom. The molecule has 8 aromatic rings. The highest BCUT2D eigenvalue weighted by Gasteiger charge is 2.35. The van der Waals surface area contributed by atoms with E-state index >= 15 is 0 Å². The molecular weight excluding hydrogens is 655 g/mol. The van der Waals surface area contributed by atoms with Crippen molar-refractivity contribution in [3.8, 4) is 33.4 Å². The van der Waals surface area contributed by atoms with Gasteiger partial charge in [0.25, 0.3) is 0 Å². The van der Waals surface area contributed by atoms with Crippen molar-refractivity contribution in [3.05, 3.63) is 187 Å². The van der Waals surface area contributed by atoms with Gasteiger partial charge in [-0.3, -0.25) is 4.98 Å². The number of hydrogen-bond donors (Lipinski definition) is 0. The highest BCUT2D eigenvalue weighted by molar-refractivity contribution is 6.11. The molecule has 0 saturated carbocycles. The molecule has 0 saturated heterocycles. The number of anilines is 3. The maximum absolute atomic E-state index is 4.41. The van der Waals surface area contributed by atoms with Gasteiger partial charge in [0.1, 0.15) is 0 Å². The summed E-state index contributed by atoms with van der Waals surface area (Å²) in [5.74, 6) is 0.460. The number of rotatable bonds is 6. The second-order valence-electron chi connectivity index (χ2n) is 15.3. The van der Waals surface area contributed by atoms with Crippen LogP contribution in [0.25, 0.3) is 60.9 Å². The van der Waals surface area contributed by atoms with E-state index in [-0.39, 0.29) is 5.41 Å². The molecule has 260 valence electrons. The van der Waals surface area contributed by atoms with E-state index in [1.165, 1.54) is 60.9 Å². The van der Waals surface area contributed by atoms with Crippen LogP contribution in [0.2, 0.25) is 0 Å². The molecule has 0 radical (unpaired) electrons. The zero-order chi connectivity index (χ0) is 36.4. The second-order valence-corrected chi connectivity index (χ2v) is 15.3. The van der Waals surface area contributed by atoms with Gasteiger partial charge in [0.2, 0.25) is 0 Å². The van der Waals surface area contributed by atoms with Crippen molar-refractivity contribution in [1.82, 2.24) is 9.55 Å². The summed E-state index contributed by atoms with van der Waals surface area (Å²) in [6.07, 6.45) is 11.6. The van der Waals surface area contributed by atoms with Crippen molar-refractivity contribution in [3.63, 3.8) is 0 Å². The normalized spacial score (nSPS) is 15.6. The number of benzene rings is 6. The van der Waals surface area contributed by atoms with Crippen LogP contribution in [0.1, 0.15) is 38.3 Å². The summed E-state index contributed by atoms with van der Waals surface area (Å²) in [7, 11) is 0. The van der Waals surface area contributed by atoms with E-state index in [0.29, 0.717) is 5.92 Å². The molecular formula is C51H41N3. The predicted octanol–water partition coefficient (Wildman–Crippen LogP) is 13.7. The average Bonchev–Trinajstić information content (AvgIpc) is 3.67. The van der Waals surface area contributed by atoms with Crippen LogP contribution < -0.4 is 4.90 Å². The standard InChI is InChI=1S/C51H41N3/c1-34-12-4-8-19-48(34)54-49-20-9-6-17-44(49)45-31-37(23-28-50(45)54)35-21-24-39(25-22-35)53(40-15-10-13-36(30-40)38-14-11-29-52-33-38)41-26-27-43-42-16-5-7-18-46(42)51(2,3)47(43)32-41/h4-11,13-34H,12H2,1-3H3. The zero-order valence-electron chi connectivity index (χ0n) is 30.9. The van der Waals surface area contributed by atoms with Crippen molar-refractivity contribution < 1.29 is 0 Å². The third-order valence-electron chi connectivity index (χ3n) is 11.7. The number of nitrogens with zero attached hydrogens (tertiary/aromatic N) is 3. The van der Waals surface area contributed by atoms with Crippen LogP contribution in [-0.2, 0) is 5.41 Å². The van der Waals surface area contributed by atoms with Crippen molar-refractivity contribution in [2.45, 2.75) is 32.6 Å². The number of allylic oxidation sites excluding steroid dienone is 4. The van der Waals surface area contributed by atoms with Crippen LogP contribution in [0.3, 0.4) is 0 Å². The molecule has 0 bridgehead atoms. The summed E-state index contributed by atoms with van der Waals surface area (Å²) in [4.78, 5) is 6.81. The molecule has 2 aliphatic carbocycles. The number of fused-ring (bicyclic) bond motifs is 6. The first-order valence-electron chi connectivity index (χ1n) is 19.0. The van der Waals surface area contributed by atoms with Crippen molar-refractivity contribution >= 4 is 44.6 Å². The summed E-state index contributed by atoms with van der Waals surface area (Å²) in [6.45, 7) is 7.02. The summed E-state index contributed by atoms with van der Waals surface area (Å²) in [6, 6.07) is 53.7. The van der Waals surface area contributed by atoms with Gasteiger partial charge in [0, 0.05) is 62.8 Å². The van der Waals surface area contributed by atoms with Gasteiger partial charge in [0.05, 0.1) is 11.0 Å². The van der Waals surface area contributed by atoms with E-state index < -0.39 is 0 Å². The van der Waals surface area contributed by atoms with Gasteiger partial charge < -0.3 is 9.47 Å². The minimum atomic E-state index is -0.0982. The van der Waals surface area contributed by atoms with E-state index in [1.54, 1.807) is 0 Å². The molecule has 2 aromatic heterocycles. The number of aromatic nitrogens is 2. The van der Waals surface area contributed by atoms with Crippen LogP contribution in [0.4, 0.5) is 17.1 Å². The van der Waals surface area contributed by atoms with Gasteiger partial charge >= 0.3 is 0 Å². The highest BCUT2D eigenvalue weighted by Crippen LogP contribution is 2.51. The number of pyridine rings is 1. The first-order chi connectivity index (χ1) is 26.5. The Morgan fingerprint density at radius 2 is 1.31 bits per heavy atom. The SMILES string of the molecule is CC1CC=CC=C1n1c2ccccc2c2cc(-c3ccc(N(c4cccc(-c5cccnc5)c4)c4ccc5c(c4)C(C)(C)c4ccccc4-5)cc3)ccc21. The van der Waals surface area contributed by atoms with E-state index in [1.807, 2.05) is 18.5 Å². The molecule has 3 nitrogen and oxygen atoms in total. The topological polar surface area (TPSA) is 21.1 Å². The molecule has 2 aliphatic rings. The molecule has 0 amide bonds. The average molecular weight is 696 g/mol.